The van der Waals surface area contributed by atoms with Gasteiger partial charge in [-0.3, -0.25) is 10.1 Å². The number of hydrogen-bond acceptors (Lipinski definition) is 4. The molecule has 1 fully saturated rings. The molecule has 1 atom stereocenters. The van der Waals surface area contributed by atoms with E-state index in [2.05, 4.69) is 67.6 Å². The molecule has 0 spiro atoms. The number of rotatable bonds is 5. The van der Waals surface area contributed by atoms with Crippen molar-refractivity contribution in [1.82, 2.24) is 25.4 Å². The van der Waals surface area contributed by atoms with Crippen molar-refractivity contribution in [3.05, 3.63) is 42.5 Å². The minimum absolute atomic E-state index is 0.476. The first kappa shape index (κ1) is 17.8. The maximum atomic E-state index is 4.46. The van der Waals surface area contributed by atoms with Crippen molar-refractivity contribution in [2.75, 3.05) is 26.7 Å². The number of guanidine groups is 1. The number of aromatic nitrogens is 3. The largest absolute Gasteiger partial charge is 0.355 e. The standard InChI is InChI=1S/C18H26N6S/c1-14(25-16-6-4-3-5-7-16)12-20-18(19-2)24-10-8-15(9-11-24)17-21-13-22-23-17/h3-7,13-15H,8-12H2,1-2H3,(H,19,20)(H,21,22,23). The Morgan fingerprint density at radius 3 is 2.76 bits per heavy atom. The summed E-state index contributed by atoms with van der Waals surface area (Å²) in [5.41, 5.74) is 0. The molecule has 1 aliphatic heterocycles. The van der Waals surface area contributed by atoms with Crippen LogP contribution < -0.4 is 5.32 Å². The van der Waals surface area contributed by atoms with Crippen LogP contribution in [0.25, 0.3) is 0 Å². The molecule has 1 aliphatic rings. The van der Waals surface area contributed by atoms with Crippen molar-refractivity contribution < 1.29 is 0 Å². The van der Waals surface area contributed by atoms with E-state index < -0.39 is 0 Å². The lowest BCUT2D eigenvalue weighted by molar-refractivity contribution is 0.299. The SMILES string of the molecule is CN=C(NCC(C)Sc1ccccc1)N1CCC(c2ncn[nH]2)CC1. The van der Waals surface area contributed by atoms with Crippen molar-refractivity contribution in [2.45, 2.75) is 35.8 Å². The zero-order valence-corrected chi connectivity index (χ0v) is 15.7. The minimum atomic E-state index is 0.476. The van der Waals surface area contributed by atoms with E-state index in [9.17, 15) is 0 Å². The molecule has 0 saturated carbocycles. The zero-order valence-electron chi connectivity index (χ0n) is 14.9. The fourth-order valence-electron chi connectivity index (χ4n) is 3.12. The zero-order chi connectivity index (χ0) is 17.5. The number of piperidine rings is 1. The van der Waals surface area contributed by atoms with Gasteiger partial charge in [-0.1, -0.05) is 25.1 Å². The molecule has 0 aliphatic carbocycles. The first-order valence-corrected chi connectivity index (χ1v) is 9.66. The molecule has 7 heteroatoms. The van der Waals surface area contributed by atoms with Gasteiger partial charge in [-0.2, -0.15) is 5.10 Å². The molecule has 0 radical (unpaired) electrons. The Labute approximate surface area is 153 Å². The highest BCUT2D eigenvalue weighted by molar-refractivity contribution is 8.00. The van der Waals surface area contributed by atoms with Gasteiger partial charge in [0.05, 0.1) is 0 Å². The van der Waals surface area contributed by atoms with Crippen LogP contribution in [0.5, 0.6) is 0 Å². The van der Waals surface area contributed by atoms with Crippen LogP contribution in [-0.2, 0) is 0 Å². The second-order valence-corrected chi connectivity index (χ2v) is 7.81. The van der Waals surface area contributed by atoms with Gasteiger partial charge in [-0.15, -0.1) is 11.8 Å². The average molecular weight is 359 g/mol. The summed E-state index contributed by atoms with van der Waals surface area (Å²) in [5, 5.41) is 11.0. The lowest BCUT2D eigenvalue weighted by Gasteiger charge is -2.33. The van der Waals surface area contributed by atoms with Gasteiger partial charge in [-0.05, 0) is 25.0 Å². The van der Waals surface area contributed by atoms with Crippen LogP contribution >= 0.6 is 11.8 Å². The summed E-state index contributed by atoms with van der Waals surface area (Å²) in [6.07, 6.45) is 3.74. The molecule has 1 aromatic carbocycles. The van der Waals surface area contributed by atoms with E-state index in [4.69, 9.17) is 0 Å². The number of benzene rings is 1. The van der Waals surface area contributed by atoms with Crippen LogP contribution in [0.3, 0.4) is 0 Å². The third-order valence-corrected chi connectivity index (χ3v) is 5.57. The van der Waals surface area contributed by atoms with Crippen molar-refractivity contribution in [1.29, 1.82) is 0 Å². The van der Waals surface area contributed by atoms with E-state index in [0.29, 0.717) is 11.2 Å². The Morgan fingerprint density at radius 2 is 2.12 bits per heavy atom. The van der Waals surface area contributed by atoms with Crippen LogP contribution in [0.1, 0.15) is 31.5 Å². The smallest absolute Gasteiger partial charge is 0.193 e. The number of aromatic amines is 1. The van der Waals surface area contributed by atoms with Crippen LogP contribution in [0, 0.1) is 0 Å². The Kier molecular flexibility index (Phi) is 6.33. The van der Waals surface area contributed by atoms with Crippen LogP contribution in [0.15, 0.2) is 46.5 Å². The first-order chi connectivity index (χ1) is 12.3. The highest BCUT2D eigenvalue weighted by atomic mass is 32.2. The molecule has 1 saturated heterocycles. The molecule has 0 amide bonds. The van der Waals surface area contributed by atoms with Gasteiger partial charge in [-0.25, -0.2) is 4.98 Å². The van der Waals surface area contributed by atoms with Crippen molar-refractivity contribution in [3.8, 4) is 0 Å². The quantitative estimate of drug-likeness (QED) is 0.489. The van der Waals surface area contributed by atoms with Gasteiger partial charge < -0.3 is 10.2 Å². The van der Waals surface area contributed by atoms with E-state index in [1.165, 1.54) is 4.90 Å². The second-order valence-electron chi connectivity index (χ2n) is 6.30. The summed E-state index contributed by atoms with van der Waals surface area (Å²) in [6, 6.07) is 10.5. The van der Waals surface area contributed by atoms with Gasteiger partial charge in [0.25, 0.3) is 0 Å². The molecule has 1 aromatic heterocycles. The average Bonchev–Trinajstić information content (AvgIpc) is 3.18. The predicted molar refractivity (Wildman–Crippen MR) is 103 cm³/mol. The van der Waals surface area contributed by atoms with Gasteiger partial charge in [0.15, 0.2) is 5.96 Å². The fourth-order valence-corrected chi connectivity index (χ4v) is 4.06. The van der Waals surface area contributed by atoms with Crippen molar-refractivity contribution in [3.63, 3.8) is 0 Å². The summed E-state index contributed by atoms with van der Waals surface area (Å²) >= 11 is 1.89. The van der Waals surface area contributed by atoms with Crippen LogP contribution in [0.4, 0.5) is 0 Å². The number of H-pyrrole nitrogens is 1. The lowest BCUT2D eigenvalue weighted by Crippen LogP contribution is -2.46. The Balaban J connectivity index is 1.45. The molecular weight excluding hydrogens is 332 g/mol. The fraction of sp³-hybridized carbons (Fsp3) is 0.500. The summed E-state index contributed by atoms with van der Waals surface area (Å²) in [7, 11) is 1.86. The summed E-state index contributed by atoms with van der Waals surface area (Å²) < 4.78 is 0. The molecule has 134 valence electrons. The topological polar surface area (TPSA) is 69.2 Å². The number of hydrogen-bond donors (Lipinski definition) is 2. The lowest BCUT2D eigenvalue weighted by atomic mass is 9.96. The molecule has 2 aromatic rings. The highest BCUT2D eigenvalue weighted by Gasteiger charge is 2.24. The Hall–Kier alpha value is -2.02. The number of nitrogens with one attached hydrogen (secondary N) is 2. The molecule has 25 heavy (non-hydrogen) atoms. The maximum absolute atomic E-state index is 4.46. The van der Waals surface area contributed by atoms with Gasteiger partial charge in [0.1, 0.15) is 12.2 Å². The van der Waals surface area contributed by atoms with E-state index in [1.807, 2.05) is 18.8 Å². The maximum Gasteiger partial charge on any atom is 0.193 e. The Morgan fingerprint density at radius 1 is 1.36 bits per heavy atom. The van der Waals surface area contributed by atoms with Gasteiger partial charge >= 0.3 is 0 Å². The molecule has 2 heterocycles. The summed E-state index contributed by atoms with van der Waals surface area (Å²) in [4.78, 5) is 12.4. The third-order valence-electron chi connectivity index (χ3n) is 4.45. The van der Waals surface area contributed by atoms with E-state index >= 15 is 0 Å². The van der Waals surface area contributed by atoms with Crippen molar-refractivity contribution >= 4 is 17.7 Å². The second kappa shape index (κ2) is 8.89. The summed E-state index contributed by atoms with van der Waals surface area (Å²) in [5.74, 6) is 2.48. The number of thioether (sulfide) groups is 1. The third kappa shape index (κ3) is 4.98. The predicted octanol–water partition coefficient (Wildman–Crippen LogP) is 2.74. The number of aliphatic imine (C=N–C) groups is 1. The molecule has 6 nitrogen and oxygen atoms in total. The Bertz CT molecular complexity index is 649. The minimum Gasteiger partial charge on any atom is -0.355 e. The molecule has 3 rings (SSSR count). The molecule has 1 unspecified atom stereocenters. The van der Waals surface area contributed by atoms with Crippen molar-refractivity contribution in [2.24, 2.45) is 4.99 Å². The van der Waals surface area contributed by atoms with Crippen LogP contribution in [0.2, 0.25) is 0 Å². The van der Waals surface area contributed by atoms with Gasteiger partial charge in [0, 0.05) is 42.7 Å². The van der Waals surface area contributed by atoms with E-state index in [-0.39, 0.29) is 0 Å². The number of nitrogens with zero attached hydrogens (tertiary/aromatic N) is 4. The normalized spacial score (nSPS) is 17.5. The summed E-state index contributed by atoms with van der Waals surface area (Å²) in [6.45, 7) is 5.12. The first-order valence-electron chi connectivity index (χ1n) is 8.79. The van der Waals surface area contributed by atoms with Gasteiger partial charge in [0.2, 0.25) is 0 Å². The highest BCUT2D eigenvalue weighted by Crippen LogP contribution is 2.25. The van der Waals surface area contributed by atoms with E-state index in [1.54, 1.807) is 6.33 Å². The molecular formula is C18H26N6S. The number of likely N-dealkylation sites (tertiary alicyclic amines) is 1. The van der Waals surface area contributed by atoms with Crippen LogP contribution in [-0.4, -0.2) is 58.0 Å². The van der Waals surface area contributed by atoms with E-state index in [0.717, 1.165) is 44.3 Å². The monoisotopic (exact) mass is 358 g/mol. The molecule has 2 N–H and O–H groups in total. The molecule has 0 bridgehead atoms.